The molecule has 0 bridgehead atoms. The number of nitrogens with zero attached hydrogens (tertiary/aromatic N) is 3. The van der Waals surface area contributed by atoms with Crippen LogP contribution in [0.2, 0.25) is 0 Å². The van der Waals surface area contributed by atoms with E-state index >= 15 is 0 Å². The first kappa shape index (κ1) is 12.8. The smallest absolute Gasteiger partial charge is 0.288 e. The lowest BCUT2D eigenvalue weighted by atomic mass is 10.5. The summed E-state index contributed by atoms with van der Waals surface area (Å²) in [5.41, 5.74) is 2.49. The first-order valence-electron chi connectivity index (χ1n) is 4.81. The molecule has 1 amide bonds. The zero-order valence-corrected chi connectivity index (χ0v) is 11.0. The number of hydrogen-bond acceptors (Lipinski definition) is 7. The molecule has 2 aromatic rings. The van der Waals surface area contributed by atoms with E-state index in [0.717, 1.165) is 5.69 Å². The Labute approximate surface area is 110 Å². The van der Waals surface area contributed by atoms with Crippen molar-refractivity contribution in [2.24, 2.45) is 12.9 Å². The van der Waals surface area contributed by atoms with Crippen molar-refractivity contribution in [3.63, 3.8) is 0 Å². The van der Waals surface area contributed by atoms with Gasteiger partial charge in [-0.3, -0.25) is 14.8 Å². The molecule has 10 heteroatoms. The molecule has 2 heterocycles. The Morgan fingerprint density at radius 2 is 2.50 bits per heavy atom. The molecule has 0 radical (unpaired) electrons. The summed E-state index contributed by atoms with van der Waals surface area (Å²) in [4.78, 5) is 26.4. The number of thiazole rings is 1. The molecule has 96 valence electrons. The van der Waals surface area contributed by atoms with Crippen LogP contribution in [-0.2, 0) is 12.8 Å². The highest BCUT2D eigenvalue weighted by molar-refractivity contribution is 7.98. The molecule has 8 nitrogen and oxygen atoms in total. The van der Waals surface area contributed by atoms with E-state index in [9.17, 15) is 9.59 Å². The Bertz CT molecular complexity index is 615. The zero-order chi connectivity index (χ0) is 13.1. The monoisotopic (exact) mass is 286 g/mol. The minimum absolute atomic E-state index is 0.265. The van der Waals surface area contributed by atoms with Crippen LogP contribution in [0.15, 0.2) is 15.3 Å². The molecule has 0 aliphatic rings. The molecule has 0 spiro atoms. The van der Waals surface area contributed by atoms with Gasteiger partial charge in [0.15, 0.2) is 10.2 Å². The lowest BCUT2D eigenvalue weighted by Gasteiger charge is -1.96. The Morgan fingerprint density at radius 1 is 1.72 bits per heavy atom. The fourth-order valence-electron chi connectivity index (χ4n) is 1.14. The van der Waals surface area contributed by atoms with Crippen LogP contribution in [0.5, 0.6) is 0 Å². The first-order chi connectivity index (χ1) is 8.61. The molecular weight excluding hydrogens is 276 g/mol. The molecule has 0 aromatic carbocycles. The van der Waals surface area contributed by atoms with Crippen molar-refractivity contribution in [1.82, 2.24) is 25.2 Å². The lowest BCUT2D eigenvalue weighted by molar-refractivity contribution is 0.0953. The highest BCUT2D eigenvalue weighted by Gasteiger charge is 2.11. The minimum atomic E-state index is -0.414. The van der Waals surface area contributed by atoms with Crippen molar-refractivity contribution in [3.05, 3.63) is 26.6 Å². The number of nitrogens with two attached hydrogens (primary N) is 1. The Morgan fingerprint density at radius 3 is 3.11 bits per heavy atom. The van der Waals surface area contributed by atoms with Gasteiger partial charge in [-0.05, 0) is 0 Å². The van der Waals surface area contributed by atoms with Gasteiger partial charge in [-0.25, -0.2) is 20.7 Å². The second-order valence-electron chi connectivity index (χ2n) is 3.28. The average molecular weight is 286 g/mol. The molecule has 0 atom stereocenters. The number of rotatable bonds is 4. The standard InChI is InChI=1S/C8H10N6O2S2/c1-14-7(16)12-13-8(14)18-3-4-2-17-6(10-4)5(15)11-9/h2H,3,9H2,1H3,(H,11,15)(H,12,16). The molecule has 2 rings (SSSR count). The van der Waals surface area contributed by atoms with Crippen molar-refractivity contribution in [3.8, 4) is 0 Å². The maximum atomic E-state index is 11.2. The van der Waals surface area contributed by atoms with Gasteiger partial charge in [0.05, 0.1) is 5.69 Å². The van der Waals surface area contributed by atoms with Gasteiger partial charge in [-0.2, -0.15) is 0 Å². The van der Waals surface area contributed by atoms with Crippen molar-refractivity contribution >= 4 is 29.0 Å². The maximum absolute atomic E-state index is 11.2. The molecule has 2 aromatic heterocycles. The quantitative estimate of drug-likeness (QED) is 0.301. The number of amides is 1. The van der Waals surface area contributed by atoms with E-state index in [1.165, 1.54) is 27.7 Å². The highest BCUT2D eigenvalue weighted by atomic mass is 32.2. The van der Waals surface area contributed by atoms with Crippen molar-refractivity contribution in [2.45, 2.75) is 10.9 Å². The predicted molar refractivity (Wildman–Crippen MR) is 67.2 cm³/mol. The van der Waals surface area contributed by atoms with Gasteiger partial charge in [0.1, 0.15) is 0 Å². The number of nitrogen functional groups attached to an aromatic ring is 1. The second kappa shape index (κ2) is 5.33. The van der Waals surface area contributed by atoms with Gasteiger partial charge in [-0.15, -0.1) is 16.4 Å². The number of hydrazine groups is 1. The molecule has 0 fully saturated rings. The Balaban J connectivity index is 2.02. The number of aromatic amines is 1. The van der Waals surface area contributed by atoms with Crippen LogP contribution in [0.4, 0.5) is 0 Å². The summed E-state index contributed by atoms with van der Waals surface area (Å²) in [7, 11) is 1.63. The summed E-state index contributed by atoms with van der Waals surface area (Å²) < 4.78 is 1.41. The van der Waals surface area contributed by atoms with Gasteiger partial charge in [0.25, 0.3) is 5.91 Å². The van der Waals surface area contributed by atoms with Crippen LogP contribution in [0.3, 0.4) is 0 Å². The fourth-order valence-corrected chi connectivity index (χ4v) is 2.78. The molecule has 0 saturated heterocycles. The third-order valence-electron chi connectivity index (χ3n) is 2.06. The number of hydrogen-bond donors (Lipinski definition) is 3. The summed E-state index contributed by atoms with van der Waals surface area (Å²) in [6.07, 6.45) is 0. The van der Waals surface area contributed by atoms with Gasteiger partial charge in [0, 0.05) is 18.2 Å². The van der Waals surface area contributed by atoms with Crippen LogP contribution in [0.1, 0.15) is 15.5 Å². The number of carbonyl (C=O) groups is 1. The van der Waals surface area contributed by atoms with Gasteiger partial charge < -0.3 is 0 Å². The minimum Gasteiger partial charge on any atom is -0.288 e. The zero-order valence-electron chi connectivity index (χ0n) is 9.34. The summed E-state index contributed by atoms with van der Waals surface area (Å²) >= 11 is 2.57. The van der Waals surface area contributed by atoms with Crippen molar-refractivity contribution in [1.29, 1.82) is 0 Å². The average Bonchev–Trinajstić information content (AvgIpc) is 2.96. The summed E-state index contributed by atoms with van der Waals surface area (Å²) in [5.74, 6) is 5.12. The molecule has 4 N–H and O–H groups in total. The number of thioether (sulfide) groups is 1. The van der Waals surface area contributed by atoms with Crippen LogP contribution >= 0.6 is 23.1 Å². The van der Waals surface area contributed by atoms with Crippen LogP contribution in [-0.4, -0.2) is 25.7 Å². The summed E-state index contributed by atoms with van der Waals surface area (Å²) in [6, 6.07) is 0. The van der Waals surface area contributed by atoms with Gasteiger partial charge >= 0.3 is 5.69 Å². The predicted octanol–water partition coefficient (Wildman–Crippen LogP) is -0.539. The maximum Gasteiger partial charge on any atom is 0.343 e. The fraction of sp³-hybridized carbons (Fsp3) is 0.250. The van der Waals surface area contributed by atoms with E-state index in [1.807, 2.05) is 5.43 Å². The highest BCUT2D eigenvalue weighted by Crippen LogP contribution is 2.20. The normalized spacial score (nSPS) is 10.6. The first-order valence-corrected chi connectivity index (χ1v) is 6.68. The van der Waals surface area contributed by atoms with E-state index in [4.69, 9.17) is 5.84 Å². The van der Waals surface area contributed by atoms with Crippen LogP contribution in [0, 0.1) is 0 Å². The van der Waals surface area contributed by atoms with E-state index in [2.05, 4.69) is 15.2 Å². The largest absolute Gasteiger partial charge is 0.343 e. The van der Waals surface area contributed by atoms with E-state index in [-0.39, 0.29) is 5.69 Å². The SMILES string of the molecule is Cn1c(SCc2csc(C(=O)NN)n2)n[nH]c1=O. The molecule has 18 heavy (non-hydrogen) atoms. The number of H-pyrrole nitrogens is 1. The van der Waals surface area contributed by atoms with E-state index in [1.54, 1.807) is 12.4 Å². The third kappa shape index (κ3) is 2.60. The molecule has 0 saturated carbocycles. The summed E-state index contributed by atoms with van der Waals surface area (Å²) in [6.45, 7) is 0. The molecule has 0 unspecified atom stereocenters. The molecule has 0 aliphatic carbocycles. The molecule has 0 aliphatic heterocycles. The number of carbonyl (C=O) groups excluding carboxylic acids is 1. The summed E-state index contributed by atoms with van der Waals surface area (Å²) in [5, 5.41) is 8.84. The van der Waals surface area contributed by atoms with Crippen molar-refractivity contribution in [2.75, 3.05) is 0 Å². The number of nitrogens with one attached hydrogen (secondary N) is 2. The van der Waals surface area contributed by atoms with Gasteiger partial charge in [0.2, 0.25) is 0 Å². The van der Waals surface area contributed by atoms with Crippen molar-refractivity contribution < 1.29 is 4.79 Å². The Kier molecular flexibility index (Phi) is 3.79. The number of aromatic nitrogens is 4. The Hall–Kier alpha value is -1.65. The molecular formula is C8H10N6O2S2. The van der Waals surface area contributed by atoms with Gasteiger partial charge in [-0.1, -0.05) is 11.8 Å². The lowest BCUT2D eigenvalue weighted by Crippen LogP contribution is -2.29. The van der Waals surface area contributed by atoms with E-state index in [0.29, 0.717) is 15.9 Å². The topological polar surface area (TPSA) is 119 Å². The van der Waals surface area contributed by atoms with Crippen LogP contribution < -0.4 is 17.0 Å². The third-order valence-corrected chi connectivity index (χ3v) is 4.02. The van der Waals surface area contributed by atoms with Crippen LogP contribution in [0.25, 0.3) is 0 Å². The van der Waals surface area contributed by atoms with E-state index < -0.39 is 5.91 Å². The second-order valence-corrected chi connectivity index (χ2v) is 5.08.